The minimum absolute atomic E-state index is 0.0185. The number of anilines is 1. The molecule has 1 amide bonds. The molecule has 0 bridgehead atoms. The number of amides is 1. The molecule has 0 atom stereocenters. The van der Waals surface area contributed by atoms with Gasteiger partial charge in [-0.25, -0.2) is 4.98 Å². The van der Waals surface area contributed by atoms with Crippen LogP contribution in [0.25, 0.3) is 10.2 Å². The largest absolute Gasteiger partial charge is 0.350 e. The number of hydrogen-bond donors (Lipinski definition) is 1. The van der Waals surface area contributed by atoms with Crippen LogP contribution in [0, 0.1) is 0 Å². The van der Waals surface area contributed by atoms with E-state index in [0.29, 0.717) is 11.6 Å². The maximum absolute atomic E-state index is 12.0. The summed E-state index contributed by atoms with van der Waals surface area (Å²) in [4.78, 5) is 22.1. The fourth-order valence-corrected chi connectivity index (χ4v) is 4.98. The molecule has 3 aromatic rings. The van der Waals surface area contributed by atoms with Crippen LogP contribution in [0.15, 0.2) is 35.7 Å². The molecule has 1 N–H and O–H groups in total. The zero-order valence-corrected chi connectivity index (χ0v) is 16.5. The average molecular weight is 407 g/mol. The minimum atomic E-state index is 0.0185. The number of piperazine rings is 1. The van der Waals surface area contributed by atoms with Gasteiger partial charge in [-0.15, -0.1) is 11.3 Å². The third kappa shape index (κ3) is 3.86. The Labute approximate surface area is 165 Å². The molecule has 1 fully saturated rings. The monoisotopic (exact) mass is 406 g/mol. The lowest BCUT2D eigenvalue weighted by molar-refractivity contribution is 0.0952. The topological polar surface area (TPSA) is 48.5 Å². The minimum Gasteiger partial charge on any atom is -0.350 e. The van der Waals surface area contributed by atoms with Gasteiger partial charge in [0.15, 0.2) is 5.13 Å². The molecule has 3 heterocycles. The lowest BCUT2D eigenvalue weighted by Crippen LogP contribution is -2.48. The Balaban J connectivity index is 1.27. The average Bonchev–Trinajstić information content (AvgIpc) is 3.33. The van der Waals surface area contributed by atoms with Gasteiger partial charge in [-0.3, -0.25) is 9.69 Å². The Morgan fingerprint density at radius 2 is 2.04 bits per heavy atom. The molecular formula is C18H19ClN4OS2. The highest BCUT2D eigenvalue weighted by Crippen LogP contribution is 2.33. The van der Waals surface area contributed by atoms with Crippen molar-refractivity contribution in [2.24, 2.45) is 0 Å². The summed E-state index contributed by atoms with van der Waals surface area (Å²) in [7, 11) is 0. The smallest absolute Gasteiger partial charge is 0.261 e. The van der Waals surface area contributed by atoms with E-state index in [1.54, 1.807) is 11.3 Å². The van der Waals surface area contributed by atoms with Crippen molar-refractivity contribution in [2.75, 3.05) is 44.2 Å². The Kier molecular flexibility index (Phi) is 5.40. The Hall–Kier alpha value is -1.67. The van der Waals surface area contributed by atoms with Crippen LogP contribution in [0.5, 0.6) is 0 Å². The SMILES string of the molecule is O=C(NCCN1CCN(c2nc3c(Cl)cccc3s2)CC1)c1cccs1. The summed E-state index contributed by atoms with van der Waals surface area (Å²) in [5, 5.41) is 6.66. The Bertz CT molecular complexity index is 888. The number of carbonyl (C=O) groups excluding carboxylic acids is 1. The van der Waals surface area contributed by atoms with Gasteiger partial charge in [0, 0.05) is 39.3 Å². The van der Waals surface area contributed by atoms with Crippen LogP contribution in [0.4, 0.5) is 5.13 Å². The highest BCUT2D eigenvalue weighted by atomic mass is 35.5. The number of benzene rings is 1. The van der Waals surface area contributed by atoms with Gasteiger partial charge in [-0.1, -0.05) is 35.1 Å². The lowest BCUT2D eigenvalue weighted by atomic mass is 10.3. The van der Waals surface area contributed by atoms with Gasteiger partial charge >= 0.3 is 0 Å². The van der Waals surface area contributed by atoms with Crippen molar-refractivity contribution in [3.63, 3.8) is 0 Å². The van der Waals surface area contributed by atoms with Crippen LogP contribution in [0.1, 0.15) is 9.67 Å². The van der Waals surface area contributed by atoms with Crippen molar-refractivity contribution in [3.05, 3.63) is 45.6 Å². The van der Waals surface area contributed by atoms with Crippen molar-refractivity contribution >= 4 is 55.5 Å². The Morgan fingerprint density at radius 1 is 1.19 bits per heavy atom. The van der Waals surface area contributed by atoms with Gasteiger partial charge < -0.3 is 10.2 Å². The predicted molar refractivity (Wildman–Crippen MR) is 110 cm³/mol. The van der Waals surface area contributed by atoms with Gasteiger partial charge in [-0.05, 0) is 23.6 Å². The fraction of sp³-hybridized carbons (Fsp3) is 0.333. The van der Waals surface area contributed by atoms with E-state index < -0.39 is 0 Å². The number of carbonyl (C=O) groups is 1. The van der Waals surface area contributed by atoms with Crippen molar-refractivity contribution in [1.29, 1.82) is 0 Å². The first-order valence-electron chi connectivity index (χ1n) is 8.55. The van der Waals surface area contributed by atoms with E-state index in [0.717, 1.165) is 52.9 Å². The molecule has 0 unspecified atom stereocenters. The molecule has 5 nitrogen and oxygen atoms in total. The van der Waals surface area contributed by atoms with Gasteiger partial charge in [0.25, 0.3) is 5.91 Å². The summed E-state index contributed by atoms with van der Waals surface area (Å²) in [5.74, 6) is 0.0185. The first-order valence-corrected chi connectivity index (χ1v) is 10.6. The number of para-hydroxylation sites is 1. The summed E-state index contributed by atoms with van der Waals surface area (Å²) < 4.78 is 1.13. The van der Waals surface area contributed by atoms with E-state index in [1.807, 2.05) is 29.6 Å². The van der Waals surface area contributed by atoms with E-state index in [2.05, 4.69) is 21.2 Å². The zero-order valence-electron chi connectivity index (χ0n) is 14.2. The molecule has 1 aliphatic heterocycles. The van der Waals surface area contributed by atoms with Crippen molar-refractivity contribution in [2.45, 2.75) is 0 Å². The summed E-state index contributed by atoms with van der Waals surface area (Å²) >= 11 is 9.40. The highest BCUT2D eigenvalue weighted by molar-refractivity contribution is 7.22. The fourth-order valence-electron chi connectivity index (χ4n) is 3.02. The molecule has 0 spiro atoms. The van der Waals surface area contributed by atoms with Crippen molar-refractivity contribution < 1.29 is 4.79 Å². The van der Waals surface area contributed by atoms with Crippen LogP contribution in [-0.2, 0) is 0 Å². The second-order valence-electron chi connectivity index (χ2n) is 6.14. The van der Waals surface area contributed by atoms with Crippen LogP contribution >= 0.6 is 34.3 Å². The molecule has 8 heteroatoms. The molecule has 0 aliphatic carbocycles. The molecule has 1 aromatic carbocycles. The summed E-state index contributed by atoms with van der Waals surface area (Å²) in [6.07, 6.45) is 0. The third-order valence-electron chi connectivity index (χ3n) is 4.46. The number of aromatic nitrogens is 1. The van der Waals surface area contributed by atoms with E-state index in [9.17, 15) is 4.79 Å². The number of nitrogens with one attached hydrogen (secondary N) is 1. The van der Waals surface area contributed by atoms with Crippen molar-refractivity contribution in [1.82, 2.24) is 15.2 Å². The van der Waals surface area contributed by atoms with Gasteiger partial charge in [0.05, 0.1) is 14.6 Å². The molecule has 136 valence electrons. The molecule has 26 heavy (non-hydrogen) atoms. The maximum Gasteiger partial charge on any atom is 0.261 e. The van der Waals surface area contributed by atoms with Crippen LogP contribution in [0.3, 0.4) is 0 Å². The van der Waals surface area contributed by atoms with E-state index in [4.69, 9.17) is 16.6 Å². The van der Waals surface area contributed by atoms with Gasteiger partial charge in [0.2, 0.25) is 0 Å². The Morgan fingerprint density at radius 3 is 2.77 bits per heavy atom. The van der Waals surface area contributed by atoms with Crippen molar-refractivity contribution in [3.8, 4) is 0 Å². The summed E-state index contributed by atoms with van der Waals surface area (Å²) in [6, 6.07) is 9.66. The molecule has 4 rings (SSSR count). The third-order valence-corrected chi connectivity index (χ3v) is 6.71. The first-order chi connectivity index (χ1) is 12.7. The van der Waals surface area contributed by atoms with Crippen LogP contribution < -0.4 is 10.2 Å². The first kappa shape index (κ1) is 17.7. The van der Waals surface area contributed by atoms with E-state index in [1.165, 1.54) is 11.3 Å². The maximum atomic E-state index is 12.0. The van der Waals surface area contributed by atoms with Gasteiger partial charge in [-0.2, -0.15) is 0 Å². The summed E-state index contributed by atoms with van der Waals surface area (Å²) in [6.45, 7) is 5.37. The zero-order chi connectivity index (χ0) is 17.9. The number of halogens is 1. The summed E-state index contributed by atoms with van der Waals surface area (Å²) in [5.41, 5.74) is 0.896. The number of fused-ring (bicyclic) bond motifs is 1. The quantitative estimate of drug-likeness (QED) is 0.703. The van der Waals surface area contributed by atoms with Crippen LogP contribution in [-0.4, -0.2) is 55.1 Å². The van der Waals surface area contributed by atoms with E-state index in [-0.39, 0.29) is 5.91 Å². The van der Waals surface area contributed by atoms with Gasteiger partial charge in [0.1, 0.15) is 5.52 Å². The van der Waals surface area contributed by atoms with E-state index >= 15 is 0 Å². The molecule has 1 saturated heterocycles. The second-order valence-corrected chi connectivity index (χ2v) is 8.51. The number of thiophene rings is 1. The van der Waals surface area contributed by atoms with Crippen LogP contribution in [0.2, 0.25) is 5.02 Å². The highest BCUT2D eigenvalue weighted by Gasteiger charge is 2.20. The predicted octanol–water partition coefficient (Wildman–Crippen LogP) is 3.56. The molecule has 0 saturated carbocycles. The number of nitrogens with zero attached hydrogens (tertiary/aromatic N) is 3. The number of hydrogen-bond acceptors (Lipinski definition) is 6. The lowest BCUT2D eigenvalue weighted by Gasteiger charge is -2.34. The molecule has 2 aromatic heterocycles. The number of rotatable bonds is 5. The number of thiazole rings is 1. The standard InChI is InChI=1S/C18H19ClN4OS2/c19-13-3-1-4-14-16(13)21-18(26-14)23-10-8-22(9-11-23)7-6-20-17(24)15-5-2-12-25-15/h1-5,12H,6-11H2,(H,20,24). The normalized spacial score (nSPS) is 15.5. The molecule has 1 aliphatic rings. The molecular weight excluding hydrogens is 388 g/mol. The molecule has 0 radical (unpaired) electrons. The second kappa shape index (κ2) is 7.92.